The van der Waals surface area contributed by atoms with E-state index in [1.165, 1.54) is 9.78 Å². The fourth-order valence-corrected chi connectivity index (χ4v) is 4.51. The average Bonchev–Trinajstić information content (AvgIpc) is 3.18. The first-order chi connectivity index (χ1) is 15.4. The van der Waals surface area contributed by atoms with Crippen molar-refractivity contribution in [2.24, 2.45) is 0 Å². The number of carbonyl (C=O) groups is 2. The van der Waals surface area contributed by atoms with Crippen LogP contribution in [-0.2, 0) is 17.9 Å². The number of carbonyl (C=O) groups excluding carboxylic acids is 2. The molecule has 3 aromatic rings. The Bertz CT molecular complexity index is 1070. The number of aryl methyl sites for hydroxylation is 1. The maximum atomic E-state index is 13.3. The molecule has 166 valence electrons. The van der Waals surface area contributed by atoms with Crippen molar-refractivity contribution in [2.75, 3.05) is 18.4 Å². The third-order valence-electron chi connectivity index (χ3n) is 4.75. The van der Waals surface area contributed by atoms with E-state index in [4.69, 9.17) is 0 Å². The molecule has 2 aromatic carbocycles. The number of amides is 3. The van der Waals surface area contributed by atoms with Crippen LogP contribution in [-0.4, -0.2) is 34.8 Å². The quantitative estimate of drug-likeness (QED) is 0.354. The summed E-state index contributed by atoms with van der Waals surface area (Å²) in [7, 11) is 0. The predicted octanol–water partition coefficient (Wildman–Crippen LogP) is 6.07. The topological polar surface area (TPSA) is 52.7 Å². The second-order valence-electron chi connectivity index (χ2n) is 7.36. The number of hydrogen-bond acceptors (Lipinski definition) is 3. The van der Waals surface area contributed by atoms with Gasteiger partial charge >= 0.3 is 6.03 Å². The molecule has 0 saturated heterocycles. The molecule has 0 aliphatic carbocycles. The number of rotatable bonds is 9. The van der Waals surface area contributed by atoms with Crippen molar-refractivity contribution in [3.8, 4) is 0 Å². The number of anilines is 1. The molecule has 1 aromatic heterocycles. The molecule has 0 saturated carbocycles. The summed E-state index contributed by atoms with van der Waals surface area (Å²) in [6, 6.07) is 21.0. The summed E-state index contributed by atoms with van der Waals surface area (Å²) in [5.41, 5.74) is 1.70. The molecule has 32 heavy (non-hydrogen) atoms. The van der Waals surface area contributed by atoms with Gasteiger partial charge in [0.05, 0.1) is 6.54 Å². The van der Waals surface area contributed by atoms with Gasteiger partial charge in [0, 0.05) is 33.0 Å². The average molecular weight is 512 g/mol. The SMILES string of the molecule is C=CCN(CC(=O)N(Cc1ccccc1)Cc1ccc(C)s1)C(=O)Nc1cccc(Br)c1. The van der Waals surface area contributed by atoms with E-state index in [1.54, 1.807) is 28.4 Å². The Labute approximate surface area is 201 Å². The largest absolute Gasteiger partial charge is 0.332 e. The Kier molecular flexibility index (Phi) is 8.64. The van der Waals surface area contributed by atoms with Gasteiger partial charge in [-0.25, -0.2) is 4.79 Å². The summed E-state index contributed by atoms with van der Waals surface area (Å²) < 4.78 is 0.863. The smallest absolute Gasteiger partial charge is 0.322 e. The highest BCUT2D eigenvalue weighted by Crippen LogP contribution is 2.19. The Morgan fingerprint density at radius 2 is 1.81 bits per heavy atom. The summed E-state index contributed by atoms with van der Waals surface area (Å²) in [4.78, 5) is 31.8. The highest BCUT2D eigenvalue weighted by Gasteiger charge is 2.22. The minimum absolute atomic E-state index is 0.0386. The molecule has 0 atom stereocenters. The van der Waals surface area contributed by atoms with Gasteiger partial charge in [0.1, 0.15) is 6.54 Å². The van der Waals surface area contributed by atoms with Gasteiger partial charge in [-0.05, 0) is 42.8 Å². The fraction of sp³-hybridized carbons (Fsp3) is 0.200. The zero-order valence-corrected chi connectivity index (χ0v) is 20.4. The number of nitrogens with zero attached hydrogens (tertiary/aromatic N) is 2. The molecule has 0 spiro atoms. The molecular formula is C25H26BrN3O2S. The van der Waals surface area contributed by atoms with Crippen LogP contribution in [0.5, 0.6) is 0 Å². The Morgan fingerprint density at radius 1 is 1.03 bits per heavy atom. The first kappa shape index (κ1) is 23.8. The van der Waals surface area contributed by atoms with Gasteiger partial charge in [-0.3, -0.25) is 4.79 Å². The molecule has 0 unspecified atom stereocenters. The van der Waals surface area contributed by atoms with E-state index in [2.05, 4.69) is 40.8 Å². The number of halogens is 1. The van der Waals surface area contributed by atoms with Crippen LogP contribution in [0.3, 0.4) is 0 Å². The molecule has 0 radical (unpaired) electrons. The van der Waals surface area contributed by atoms with E-state index in [9.17, 15) is 9.59 Å². The van der Waals surface area contributed by atoms with Crippen LogP contribution >= 0.6 is 27.3 Å². The molecule has 0 aliphatic rings. The molecule has 3 rings (SSSR count). The molecular weight excluding hydrogens is 486 g/mol. The summed E-state index contributed by atoms with van der Waals surface area (Å²) in [6.45, 7) is 7.00. The van der Waals surface area contributed by atoms with E-state index in [0.717, 1.165) is 14.9 Å². The van der Waals surface area contributed by atoms with Gasteiger partial charge in [0.2, 0.25) is 5.91 Å². The van der Waals surface area contributed by atoms with Crippen LogP contribution in [0.15, 0.2) is 83.9 Å². The number of benzene rings is 2. The lowest BCUT2D eigenvalue weighted by molar-refractivity contribution is -0.132. The maximum Gasteiger partial charge on any atom is 0.322 e. The van der Waals surface area contributed by atoms with Crippen molar-refractivity contribution in [3.63, 3.8) is 0 Å². The number of hydrogen-bond donors (Lipinski definition) is 1. The lowest BCUT2D eigenvalue weighted by atomic mass is 10.2. The van der Waals surface area contributed by atoms with Gasteiger partial charge in [0.25, 0.3) is 0 Å². The van der Waals surface area contributed by atoms with Crippen LogP contribution in [0, 0.1) is 6.92 Å². The van der Waals surface area contributed by atoms with Gasteiger partial charge < -0.3 is 15.1 Å². The van der Waals surface area contributed by atoms with Crippen LogP contribution in [0.25, 0.3) is 0 Å². The lowest BCUT2D eigenvalue weighted by Crippen LogP contribution is -2.44. The summed E-state index contributed by atoms with van der Waals surface area (Å²) in [5, 5.41) is 2.86. The molecule has 1 N–H and O–H groups in total. The summed E-state index contributed by atoms with van der Waals surface area (Å²) in [6.07, 6.45) is 1.62. The number of thiophene rings is 1. The molecule has 0 aliphatic heterocycles. The minimum Gasteiger partial charge on any atom is -0.332 e. The van der Waals surface area contributed by atoms with Crippen LogP contribution in [0.4, 0.5) is 10.5 Å². The molecule has 3 amide bonds. The van der Waals surface area contributed by atoms with Crippen molar-refractivity contribution in [2.45, 2.75) is 20.0 Å². The third kappa shape index (κ3) is 7.07. The van der Waals surface area contributed by atoms with E-state index < -0.39 is 0 Å². The first-order valence-corrected chi connectivity index (χ1v) is 11.8. The van der Waals surface area contributed by atoms with Crippen LogP contribution in [0.1, 0.15) is 15.3 Å². The molecule has 5 nitrogen and oxygen atoms in total. The molecule has 0 fully saturated rings. The summed E-state index contributed by atoms with van der Waals surface area (Å²) in [5.74, 6) is -0.119. The maximum absolute atomic E-state index is 13.3. The predicted molar refractivity (Wildman–Crippen MR) is 135 cm³/mol. The van der Waals surface area contributed by atoms with Crippen molar-refractivity contribution < 1.29 is 9.59 Å². The van der Waals surface area contributed by atoms with Gasteiger partial charge in [-0.15, -0.1) is 17.9 Å². The van der Waals surface area contributed by atoms with E-state index >= 15 is 0 Å². The highest BCUT2D eigenvalue weighted by molar-refractivity contribution is 9.10. The Hall–Kier alpha value is -2.90. The van der Waals surface area contributed by atoms with Crippen LogP contribution in [0.2, 0.25) is 0 Å². The van der Waals surface area contributed by atoms with Gasteiger partial charge in [0.15, 0.2) is 0 Å². The number of urea groups is 1. The minimum atomic E-state index is -0.344. The standard InChI is InChI=1S/C25H26BrN3O2S/c1-3-14-28(25(31)27-22-11-7-10-21(26)15-22)18-24(30)29(16-20-8-5-4-6-9-20)17-23-13-12-19(2)32-23/h3-13,15H,1,14,16-18H2,2H3,(H,27,31). The molecule has 7 heteroatoms. The van der Waals surface area contributed by atoms with Crippen molar-refractivity contribution >= 4 is 44.9 Å². The summed E-state index contributed by atoms with van der Waals surface area (Å²) >= 11 is 5.08. The van der Waals surface area contributed by atoms with Crippen molar-refractivity contribution in [1.29, 1.82) is 0 Å². The normalized spacial score (nSPS) is 10.4. The van der Waals surface area contributed by atoms with E-state index in [0.29, 0.717) is 18.8 Å². The fourth-order valence-electron chi connectivity index (χ4n) is 3.20. The van der Waals surface area contributed by atoms with Crippen molar-refractivity contribution in [1.82, 2.24) is 9.80 Å². The molecule has 0 bridgehead atoms. The highest BCUT2D eigenvalue weighted by atomic mass is 79.9. The lowest BCUT2D eigenvalue weighted by Gasteiger charge is -2.27. The van der Waals surface area contributed by atoms with Crippen molar-refractivity contribution in [3.05, 3.63) is 99.2 Å². The second-order valence-corrected chi connectivity index (χ2v) is 9.65. The van der Waals surface area contributed by atoms with E-state index in [1.807, 2.05) is 54.6 Å². The van der Waals surface area contributed by atoms with E-state index in [-0.39, 0.29) is 25.0 Å². The van der Waals surface area contributed by atoms with Gasteiger partial charge in [-0.1, -0.05) is 58.4 Å². The monoisotopic (exact) mass is 511 g/mol. The van der Waals surface area contributed by atoms with Gasteiger partial charge in [-0.2, -0.15) is 0 Å². The first-order valence-electron chi connectivity index (χ1n) is 10.2. The van der Waals surface area contributed by atoms with Crippen LogP contribution < -0.4 is 5.32 Å². The Morgan fingerprint density at radius 3 is 2.47 bits per heavy atom. The zero-order chi connectivity index (χ0) is 22.9. The second kappa shape index (κ2) is 11.6. The Balaban J connectivity index is 1.74. The molecule has 1 heterocycles. The zero-order valence-electron chi connectivity index (χ0n) is 18.0. The third-order valence-corrected chi connectivity index (χ3v) is 6.23. The number of nitrogens with one attached hydrogen (secondary N) is 1.